The van der Waals surface area contributed by atoms with E-state index in [-0.39, 0.29) is 6.10 Å². The van der Waals surface area contributed by atoms with Crippen LogP contribution in [0, 0.1) is 0 Å². The van der Waals surface area contributed by atoms with E-state index in [0.29, 0.717) is 0 Å². The second-order valence-electron chi connectivity index (χ2n) is 3.85. The lowest BCUT2D eigenvalue weighted by molar-refractivity contribution is 0.105. The van der Waals surface area contributed by atoms with Crippen LogP contribution in [0.25, 0.3) is 0 Å². The molecule has 1 aliphatic rings. The van der Waals surface area contributed by atoms with Crippen molar-refractivity contribution in [1.82, 2.24) is 9.97 Å². The van der Waals surface area contributed by atoms with Gasteiger partial charge in [0.2, 0.25) is 0 Å². The van der Waals surface area contributed by atoms with Crippen LogP contribution in [0.5, 0.6) is 0 Å². The minimum absolute atomic E-state index is 0.0790. The number of aromatic nitrogens is 2. The van der Waals surface area contributed by atoms with Crippen molar-refractivity contribution in [3.63, 3.8) is 0 Å². The topological polar surface area (TPSA) is 47.0 Å². The molecule has 0 radical (unpaired) electrons. The molecule has 1 unspecified atom stereocenters. The van der Waals surface area contributed by atoms with Crippen molar-refractivity contribution in [2.45, 2.75) is 32.3 Å². The third-order valence-corrected chi connectivity index (χ3v) is 3.10. The van der Waals surface area contributed by atoms with Gasteiger partial charge in [-0.1, -0.05) is 6.92 Å². The van der Waals surface area contributed by atoms with Gasteiger partial charge >= 0.3 is 0 Å². The Balaban J connectivity index is 2.13. The zero-order valence-electron chi connectivity index (χ0n) is 9.37. The van der Waals surface area contributed by atoms with E-state index >= 15 is 0 Å². The molecule has 5 heteroatoms. The monoisotopic (exact) mass is 285 g/mol. The predicted molar refractivity (Wildman–Crippen MR) is 66.4 cm³/mol. The van der Waals surface area contributed by atoms with Gasteiger partial charge in [-0.15, -0.1) is 0 Å². The van der Waals surface area contributed by atoms with Crippen LogP contribution in [0.4, 0.5) is 5.82 Å². The lowest BCUT2D eigenvalue weighted by Crippen LogP contribution is -2.08. The molecule has 1 aliphatic heterocycles. The Labute approximate surface area is 104 Å². The molecule has 0 spiro atoms. The van der Waals surface area contributed by atoms with Gasteiger partial charge in [0.15, 0.2) is 5.82 Å². The van der Waals surface area contributed by atoms with E-state index in [2.05, 4.69) is 38.1 Å². The summed E-state index contributed by atoms with van der Waals surface area (Å²) in [5.41, 5.74) is 0. The van der Waals surface area contributed by atoms with Gasteiger partial charge in [-0.3, -0.25) is 0 Å². The average Bonchev–Trinajstić information content (AvgIpc) is 2.81. The molecule has 1 atom stereocenters. The maximum Gasteiger partial charge on any atom is 0.159 e. The standard InChI is InChI=1S/C11H16BrN3O/c1-2-5-13-10-8(12)7-14-11(15-10)9-4-3-6-16-9/h7,9H,2-6H2,1H3,(H,13,14,15). The highest BCUT2D eigenvalue weighted by molar-refractivity contribution is 9.10. The summed E-state index contributed by atoms with van der Waals surface area (Å²) >= 11 is 3.44. The third kappa shape index (κ3) is 2.71. The molecule has 1 N–H and O–H groups in total. The zero-order chi connectivity index (χ0) is 11.4. The molecule has 0 bridgehead atoms. The summed E-state index contributed by atoms with van der Waals surface area (Å²) in [6.45, 7) is 3.87. The van der Waals surface area contributed by atoms with Gasteiger partial charge in [0.05, 0.1) is 4.47 Å². The minimum Gasteiger partial charge on any atom is -0.370 e. The molecule has 1 aromatic heterocycles. The van der Waals surface area contributed by atoms with E-state index in [1.165, 1.54) is 0 Å². The van der Waals surface area contributed by atoms with Gasteiger partial charge in [-0.05, 0) is 35.2 Å². The van der Waals surface area contributed by atoms with E-state index in [1.807, 2.05) is 0 Å². The number of hydrogen-bond acceptors (Lipinski definition) is 4. The minimum atomic E-state index is 0.0790. The Hall–Kier alpha value is -0.680. The highest BCUT2D eigenvalue weighted by atomic mass is 79.9. The molecule has 16 heavy (non-hydrogen) atoms. The second kappa shape index (κ2) is 5.59. The van der Waals surface area contributed by atoms with Crippen LogP contribution in [0.3, 0.4) is 0 Å². The SMILES string of the molecule is CCCNc1nc(C2CCCO2)ncc1Br. The summed E-state index contributed by atoms with van der Waals surface area (Å²) < 4.78 is 6.48. The fourth-order valence-corrected chi connectivity index (χ4v) is 2.02. The maximum absolute atomic E-state index is 5.57. The summed E-state index contributed by atoms with van der Waals surface area (Å²) in [6, 6.07) is 0. The number of ether oxygens (including phenoxy) is 1. The van der Waals surface area contributed by atoms with Crippen molar-refractivity contribution < 1.29 is 4.74 Å². The summed E-state index contributed by atoms with van der Waals surface area (Å²) in [6.07, 6.45) is 5.07. The molecule has 0 aromatic carbocycles. The first-order valence-electron chi connectivity index (χ1n) is 5.69. The molecule has 1 saturated heterocycles. The van der Waals surface area contributed by atoms with Gasteiger partial charge in [0, 0.05) is 19.3 Å². The van der Waals surface area contributed by atoms with Crippen molar-refractivity contribution >= 4 is 21.7 Å². The van der Waals surface area contributed by atoms with Crippen LogP contribution in [0.1, 0.15) is 38.1 Å². The molecule has 1 aromatic rings. The van der Waals surface area contributed by atoms with Crippen molar-refractivity contribution in [1.29, 1.82) is 0 Å². The summed E-state index contributed by atoms with van der Waals surface area (Å²) in [5, 5.41) is 3.27. The quantitative estimate of drug-likeness (QED) is 0.924. The van der Waals surface area contributed by atoms with Gasteiger partial charge in [0.25, 0.3) is 0 Å². The molecule has 88 valence electrons. The number of nitrogens with one attached hydrogen (secondary N) is 1. The van der Waals surface area contributed by atoms with Crippen LogP contribution in [0.15, 0.2) is 10.7 Å². The van der Waals surface area contributed by atoms with E-state index in [1.54, 1.807) is 6.20 Å². The summed E-state index contributed by atoms with van der Waals surface area (Å²) in [5.74, 6) is 1.65. The van der Waals surface area contributed by atoms with Gasteiger partial charge in [-0.25, -0.2) is 9.97 Å². The lowest BCUT2D eigenvalue weighted by Gasteiger charge is -2.11. The Kier molecular flexibility index (Phi) is 4.12. The van der Waals surface area contributed by atoms with E-state index in [4.69, 9.17) is 4.74 Å². The summed E-state index contributed by atoms with van der Waals surface area (Å²) in [4.78, 5) is 8.80. The first kappa shape index (κ1) is 11.8. The molecule has 1 fully saturated rings. The number of rotatable bonds is 4. The average molecular weight is 286 g/mol. The molecule has 4 nitrogen and oxygen atoms in total. The smallest absolute Gasteiger partial charge is 0.159 e. The Morgan fingerprint density at radius 1 is 1.62 bits per heavy atom. The first-order valence-corrected chi connectivity index (χ1v) is 6.48. The Bertz CT molecular complexity index is 353. The van der Waals surface area contributed by atoms with Gasteiger partial charge in [-0.2, -0.15) is 0 Å². The predicted octanol–water partition coefficient (Wildman–Crippen LogP) is 2.91. The highest BCUT2D eigenvalue weighted by Gasteiger charge is 2.21. The lowest BCUT2D eigenvalue weighted by atomic mass is 10.2. The van der Waals surface area contributed by atoms with Crippen LogP contribution >= 0.6 is 15.9 Å². The Morgan fingerprint density at radius 2 is 2.50 bits per heavy atom. The molecule has 0 amide bonds. The number of hydrogen-bond donors (Lipinski definition) is 1. The van der Waals surface area contributed by atoms with E-state index < -0.39 is 0 Å². The normalized spacial score (nSPS) is 20.0. The van der Waals surface area contributed by atoms with Crippen LogP contribution < -0.4 is 5.32 Å². The van der Waals surface area contributed by atoms with E-state index in [0.717, 1.165) is 48.5 Å². The largest absolute Gasteiger partial charge is 0.370 e. The molecule has 2 heterocycles. The molecule has 0 aliphatic carbocycles. The van der Waals surface area contributed by atoms with Gasteiger partial charge < -0.3 is 10.1 Å². The van der Waals surface area contributed by atoms with Crippen LogP contribution in [-0.4, -0.2) is 23.1 Å². The van der Waals surface area contributed by atoms with Crippen molar-refractivity contribution in [2.24, 2.45) is 0 Å². The van der Waals surface area contributed by atoms with Gasteiger partial charge in [0.1, 0.15) is 11.9 Å². The van der Waals surface area contributed by atoms with Crippen LogP contribution in [0.2, 0.25) is 0 Å². The van der Waals surface area contributed by atoms with Crippen molar-refractivity contribution in [2.75, 3.05) is 18.5 Å². The van der Waals surface area contributed by atoms with Crippen molar-refractivity contribution in [3.8, 4) is 0 Å². The maximum atomic E-state index is 5.57. The number of anilines is 1. The first-order chi connectivity index (χ1) is 7.81. The number of nitrogens with zero attached hydrogens (tertiary/aromatic N) is 2. The fraction of sp³-hybridized carbons (Fsp3) is 0.636. The second-order valence-corrected chi connectivity index (χ2v) is 4.71. The van der Waals surface area contributed by atoms with E-state index in [9.17, 15) is 0 Å². The zero-order valence-corrected chi connectivity index (χ0v) is 11.0. The highest BCUT2D eigenvalue weighted by Crippen LogP contribution is 2.28. The Morgan fingerprint density at radius 3 is 3.19 bits per heavy atom. The third-order valence-electron chi connectivity index (χ3n) is 2.52. The summed E-state index contributed by atoms with van der Waals surface area (Å²) in [7, 11) is 0. The molecular weight excluding hydrogens is 270 g/mol. The molecule has 2 rings (SSSR count). The fourth-order valence-electron chi connectivity index (χ4n) is 1.68. The van der Waals surface area contributed by atoms with Crippen LogP contribution in [-0.2, 0) is 4.74 Å². The molecular formula is C11H16BrN3O. The molecule has 0 saturated carbocycles. The van der Waals surface area contributed by atoms with Crippen molar-refractivity contribution in [3.05, 3.63) is 16.5 Å². The number of halogens is 1.